The Morgan fingerprint density at radius 3 is 2.60 bits per heavy atom. The van der Waals surface area contributed by atoms with Gasteiger partial charge in [-0.25, -0.2) is 0 Å². The molecular weight excluding hydrogens is 190 g/mol. The van der Waals surface area contributed by atoms with Crippen molar-refractivity contribution in [1.29, 1.82) is 0 Å². The summed E-state index contributed by atoms with van der Waals surface area (Å²) >= 11 is 0. The zero-order chi connectivity index (χ0) is 10.8. The van der Waals surface area contributed by atoms with Gasteiger partial charge in [0, 0.05) is 29.0 Å². The summed E-state index contributed by atoms with van der Waals surface area (Å²) in [4.78, 5) is 0. The molecule has 1 aromatic heterocycles. The summed E-state index contributed by atoms with van der Waals surface area (Å²) in [6.45, 7) is 0.450. The minimum absolute atomic E-state index is 0.450. The first kappa shape index (κ1) is 9.61. The summed E-state index contributed by atoms with van der Waals surface area (Å²) in [7, 11) is 0. The fraction of sp³-hybridized carbons (Fsp3) is 0.0909. The lowest BCUT2D eigenvalue weighted by molar-refractivity contribution is 0.579. The Morgan fingerprint density at radius 2 is 1.93 bits per heavy atom. The first-order chi connectivity index (χ1) is 7.20. The van der Waals surface area contributed by atoms with E-state index in [0.29, 0.717) is 23.7 Å². The Morgan fingerprint density at radius 1 is 1.13 bits per heavy atom. The van der Waals surface area contributed by atoms with E-state index in [1.165, 1.54) is 0 Å². The van der Waals surface area contributed by atoms with Crippen LogP contribution in [0.4, 0.5) is 11.4 Å². The van der Waals surface area contributed by atoms with Crippen LogP contribution in [0.5, 0.6) is 0 Å². The van der Waals surface area contributed by atoms with Gasteiger partial charge in [0.2, 0.25) is 0 Å². The van der Waals surface area contributed by atoms with Crippen LogP contribution >= 0.6 is 0 Å². The van der Waals surface area contributed by atoms with Crippen molar-refractivity contribution in [3.8, 4) is 11.3 Å². The van der Waals surface area contributed by atoms with Crippen molar-refractivity contribution in [2.75, 3.05) is 11.5 Å². The van der Waals surface area contributed by atoms with Crippen LogP contribution in [0.1, 0.15) is 5.56 Å². The van der Waals surface area contributed by atoms with Gasteiger partial charge in [0.1, 0.15) is 5.76 Å². The van der Waals surface area contributed by atoms with Gasteiger partial charge in [0.25, 0.3) is 0 Å². The topological polar surface area (TPSA) is 91.2 Å². The van der Waals surface area contributed by atoms with Gasteiger partial charge in [0.15, 0.2) is 0 Å². The molecule has 0 spiro atoms. The molecule has 15 heavy (non-hydrogen) atoms. The highest BCUT2D eigenvalue weighted by Gasteiger charge is 2.07. The third-order valence-corrected chi connectivity index (χ3v) is 2.23. The number of rotatable bonds is 2. The number of nitrogen functional groups attached to an aromatic ring is 2. The smallest absolute Gasteiger partial charge is 0.136 e. The molecule has 0 amide bonds. The predicted octanol–water partition coefficient (Wildman–Crippen LogP) is 1.57. The van der Waals surface area contributed by atoms with E-state index < -0.39 is 0 Å². The molecule has 0 bridgehead atoms. The largest absolute Gasteiger partial charge is 0.464 e. The first-order valence-electron chi connectivity index (χ1n) is 4.63. The Kier molecular flexibility index (Phi) is 2.35. The lowest BCUT2D eigenvalue weighted by atomic mass is 10.1. The van der Waals surface area contributed by atoms with Crippen LogP contribution in [-0.4, -0.2) is 0 Å². The van der Waals surface area contributed by atoms with E-state index in [0.717, 1.165) is 11.1 Å². The second-order valence-electron chi connectivity index (χ2n) is 3.37. The molecule has 2 aromatic rings. The van der Waals surface area contributed by atoms with Crippen molar-refractivity contribution < 1.29 is 4.42 Å². The van der Waals surface area contributed by atoms with E-state index in [1.807, 2.05) is 6.07 Å². The van der Waals surface area contributed by atoms with Crippen molar-refractivity contribution in [2.45, 2.75) is 6.54 Å². The Bertz CT molecular complexity index is 476. The SMILES string of the molecule is NCc1coc(-c2cc(N)ccc2N)c1. The maximum Gasteiger partial charge on any atom is 0.136 e. The van der Waals surface area contributed by atoms with Gasteiger partial charge in [-0.1, -0.05) is 0 Å². The summed E-state index contributed by atoms with van der Waals surface area (Å²) in [6, 6.07) is 7.17. The quantitative estimate of drug-likeness (QED) is 0.646. The third-order valence-electron chi connectivity index (χ3n) is 2.23. The van der Waals surface area contributed by atoms with E-state index in [4.69, 9.17) is 21.6 Å². The lowest BCUT2D eigenvalue weighted by Gasteiger charge is -2.02. The van der Waals surface area contributed by atoms with Gasteiger partial charge >= 0.3 is 0 Å². The average Bonchev–Trinajstić information content (AvgIpc) is 2.70. The molecule has 1 heterocycles. The van der Waals surface area contributed by atoms with Crippen LogP contribution in [0.2, 0.25) is 0 Å². The number of hydrogen-bond acceptors (Lipinski definition) is 4. The summed E-state index contributed by atoms with van der Waals surface area (Å²) in [5.41, 5.74) is 20.0. The highest BCUT2D eigenvalue weighted by molar-refractivity contribution is 5.76. The molecule has 6 N–H and O–H groups in total. The Balaban J connectivity index is 2.48. The minimum atomic E-state index is 0.450. The molecule has 2 rings (SSSR count). The predicted molar refractivity (Wildman–Crippen MR) is 60.9 cm³/mol. The van der Waals surface area contributed by atoms with Crippen molar-refractivity contribution in [3.63, 3.8) is 0 Å². The second kappa shape index (κ2) is 3.67. The van der Waals surface area contributed by atoms with Crippen LogP contribution in [0, 0.1) is 0 Å². The second-order valence-corrected chi connectivity index (χ2v) is 3.37. The number of hydrogen-bond donors (Lipinski definition) is 3. The van der Waals surface area contributed by atoms with Gasteiger partial charge in [0.05, 0.1) is 6.26 Å². The number of nitrogens with two attached hydrogens (primary N) is 3. The Hall–Kier alpha value is -1.94. The van der Waals surface area contributed by atoms with Gasteiger partial charge in [-0.3, -0.25) is 0 Å². The standard InChI is InChI=1S/C11H13N3O/c12-5-7-3-11(15-6-7)9-4-8(13)1-2-10(9)14/h1-4,6H,5,12-14H2. The molecular formula is C11H13N3O. The zero-order valence-electron chi connectivity index (χ0n) is 8.23. The van der Waals surface area contributed by atoms with Gasteiger partial charge in [-0.05, 0) is 24.3 Å². The third kappa shape index (κ3) is 1.80. The van der Waals surface area contributed by atoms with Crippen molar-refractivity contribution in [1.82, 2.24) is 0 Å². The number of benzene rings is 1. The van der Waals surface area contributed by atoms with Gasteiger partial charge in [-0.2, -0.15) is 0 Å². The molecule has 0 atom stereocenters. The van der Waals surface area contributed by atoms with Gasteiger partial charge in [-0.15, -0.1) is 0 Å². The molecule has 0 radical (unpaired) electrons. The van der Waals surface area contributed by atoms with Gasteiger partial charge < -0.3 is 21.6 Å². The maximum atomic E-state index is 5.83. The fourth-order valence-electron chi connectivity index (χ4n) is 1.41. The molecule has 0 aliphatic carbocycles. The normalized spacial score (nSPS) is 10.5. The molecule has 0 saturated carbocycles. The summed E-state index contributed by atoms with van der Waals surface area (Å²) in [5.74, 6) is 0.695. The number of furan rings is 1. The van der Waals surface area contributed by atoms with Crippen molar-refractivity contribution in [3.05, 3.63) is 36.1 Å². The Labute approximate surface area is 87.7 Å². The molecule has 1 aromatic carbocycles. The highest BCUT2D eigenvalue weighted by Crippen LogP contribution is 2.29. The van der Waals surface area contributed by atoms with E-state index in [1.54, 1.807) is 24.5 Å². The molecule has 0 aliphatic heterocycles. The molecule has 4 heteroatoms. The van der Waals surface area contributed by atoms with Crippen molar-refractivity contribution in [2.24, 2.45) is 5.73 Å². The van der Waals surface area contributed by atoms with Crippen LogP contribution in [0.25, 0.3) is 11.3 Å². The molecule has 78 valence electrons. The molecule has 0 saturated heterocycles. The van der Waals surface area contributed by atoms with Crippen LogP contribution < -0.4 is 17.2 Å². The summed E-state index contributed by atoms with van der Waals surface area (Å²) in [5, 5.41) is 0. The van der Waals surface area contributed by atoms with Crippen molar-refractivity contribution >= 4 is 11.4 Å². The summed E-state index contributed by atoms with van der Waals surface area (Å²) in [6.07, 6.45) is 1.62. The van der Waals surface area contributed by atoms with E-state index in [2.05, 4.69) is 0 Å². The average molecular weight is 203 g/mol. The van der Waals surface area contributed by atoms with Crippen LogP contribution in [0.3, 0.4) is 0 Å². The highest BCUT2D eigenvalue weighted by atomic mass is 16.3. The zero-order valence-corrected chi connectivity index (χ0v) is 8.23. The lowest BCUT2D eigenvalue weighted by Crippen LogP contribution is -1.93. The van der Waals surface area contributed by atoms with E-state index in [9.17, 15) is 0 Å². The molecule has 4 nitrogen and oxygen atoms in total. The minimum Gasteiger partial charge on any atom is -0.464 e. The molecule has 0 fully saturated rings. The van der Waals surface area contributed by atoms with E-state index in [-0.39, 0.29) is 0 Å². The monoisotopic (exact) mass is 203 g/mol. The maximum absolute atomic E-state index is 5.83. The molecule has 0 aliphatic rings. The molecule has 0 unspecified atom stereocenters. The fourth-order valence-corrected chi connectivity index (χ4v) is 1.41. The van der Waals surface area contributed by atoms with Crippen LogP contribution in [-0.2, 0) is 6.54 Å². The number of anilines is 2. The first-order valence-corrected chi connectivity index (χ1v) is 4.63. The summed E-state index contributed by atoms with van der Waals surface area (Å²) < 4.78 is 5.36. The van der Waals surface area contributed by atoms with Crippen LogP contribution in [0.15, 0.2) is 34.9 Å². The van der Waals surface area contributed by atoms with E-state index >= 15 is 0 Å².